The van der Waals surface area contributed by atoms with Crippen LogP contribution < -0.4 is 10.1 Å². The zero-order valence-electron chi connectivity index (χ0n) is 12.8. The van der Waals surface area contributed by atoms with Gasteiger partial charge in [0, 0.05) is 23.3 Å². The number of amides is 1. The van der Waals surface area contributed by atoms with Crippen LogP contribution in [-0.4, -0.2) is 22.5 Å². The van der Waals surface area contributed by atoms with Crippen LogP contribution >= 0.6 is 22.9 Å². The number of ether oxygens (including phenoxy) is 1. The monoisotopic (exact) mass is 359 g/mol. The molecule has 3 rings (SSSR count). The molecule has 0 radical (unpaired) electrons. The molecule has 1 aromatic carbocycles. The molecule has 0 unspecified atom stereocenters. The summed E-state index contributed by atoms with van der Waals surface area (Å²) in [5, 5.41) is 5.57. The lowest BCUT2D eigenvalue weighted by molar-refractivity contribution is -0.118. The SMILES string of the molecule is Cc1ccc(Cl)c(OCC(=O)Nc2nc(-c3cccnc3)cs2)c1. The van der Waals surface area contributed by atoms with Crippen molar-refractivity contribution in [2.75, 3.05) is 11.9 Å². The number of hydrogen-bond donors (Lipinski definition) is 1. The third-order valence-corrected chi connectivity index (χ3v) is 4.22. The number of aromatic nitrogens is 2. The molecular formula is C17H14ClN3O2S. The van der Waals surface area contributed by atoms with Crippen LogP contribution in [0.3, 0.4) is 0 Å². The number of hydrogen-bond acceptors (Lipinski definition) is 5. The van der Waals surface area contributed by atoms with Crippen molar-refractivity contribution in [1.82, 2.24) is 9.97 Å². The van der Waals surface area contributed by atoms with E-state index in [1.54, 1.807) is 24.5 Å². The minimum Gasteiger partial charge on any atom is -0.482 e. The van der Waals surface area contributed by atoms with Crippen LogP contribution in [0.4, 0.5) is 5.13 Å². The molecule has 0 spiro atoms. The van der Waals surface area contributed by atoms with E-state index in [1.165, 1.54) is 11.3 Å². The van der Waals surface area contributed by atoms with Crippen molar-refractivity contribution in [3.8, 4) is 17.0 Å². The molecule has 122 valence electrons. The number of benzene rings is 1. The van der Waals surface area contributed by atoms with Gasteiger partial charge in [-0.25, -0.2) is 4.98 Å². The highest BCUT2D eigenvalue weighted by atomic mass is 35.5. The lowest BCUT2D eigenvalue weighted by Gasteiger charge is -2.08. The molecule has 0 atom stereocenters. The highest BCUT2D eigenvalue weighted by molar-refractivity contribution is 7.14. The third-order valence-electron chi connectivity index (χ3n) is 3.15. The van der Waals surface area contributed by atoms with Gasteiger partial charge in [0.25, 0.3) is 5.91 Å². The summed E-state index contributed by atoms with van der Waals surface area (Å²) in [6.45, 7) is 1.80. The molecule has 24 heavy (non-hydrogen) atoms. The molecule has 0 aliphatic rings. The lowest BCUT2D eigenvalue weighted by atomic mass is 10.2. The quantitative estimate of drug-likeness (QED) is 0.742. The number of pyridine rings is 1. The molecule has 0 aliphatic heterocycles. The van der Waals surface area contributed by atoms with E-state index in [0.717, 1.165) is 16.8 Å². The fraction of sp³-hybridized carbons (Fsp3) is 0.118. The zero-order chi connectivity index (χ0) is 16.9. The number of aryl methyl sites for hydroxylation is 1. The number of carbonyl (C=O) groups excluding carboxylic acids is 1. The Bertz CT molecular complexity index is 852. The van der Waals surface area contributed by atoms with E-state index in [0.29, 0.717) is 15.9 Å². The molecule has 0 aliphatic carbocycles. The Hall–Kier alpha value is -2.44. The molecule has 0 fully saturated rings. The second-order valence-corrected chi connectivity index (χ2v) is 6.32. The van der Waals surface area contributed by atoms with E-state index in [9.17, 15) is 4.79 Å². The van der Waals surface area contributed by atoms with E-state index in [1.807, 2.05) is 30.5 Å². The summed E-state index contributed by atoms with van der Waals surface area (Å²) in [7, 11) is 0. The van der Waals surface area contributed by atoms with Gasteiger partial charge in [-0.15, -0.1) is 11.3 Å². The Kier molecular flexibility index (Phi) is 5.08. The molecular weight excluding hydrogens is 346 g/mol. The van der Waals surface area contributed by atoms with Crippen molar-refractivity contribution < 1.29 is 9.53 Å². The van der Waals surface area contributed by atoms with Gasteiger partial charge >= 0.3 is 0 Å². The number of rotatable bonds is 5. The molecule has 0 saturated carbocycles. The Labute approximate surface area is 148 Å². The van der Waals surface area contributed by atoms with Gasteiger partial charge < -0.3 is 4.74 Å². The molecule has 3 aromatic rings. The third kappa shape index (κ3) is 4.10. The Balaban J connectivity index is 1.59. The molecule has 2 aromatic heterocycles. The second-order valence-electron chi connectivity index (χ2n) is 5.05. The van der Waals surface area contributed by atoms with Crippen molar-refractivity contribution in [2.24, 2.45) is 0 Å². The summed E-state index contributed by atoms with van der Waals surface area (Å²) in [5.74, 6) is 0.196. The summed E-state index contributed by atoms with van der Waals surface area (Å²) in [4.78, 5) is 20.4. The first-order valence-corrected chi connectivity index (χ1v) is 8.42. The molecule has 1 N–H and O–H groups in total. The van der Waals surface area contributed by atoms with Crippen molar-refractivity contribution in [3.05, 3.63) is 58.7 Å². The predicted octanol–water partition coefficient (Wildman–Crippen LogP) is 4.18. The average molecular weight is 360 g/mol. The van der Waals surface area contributed by atoms with Gasteiger partial charge in [0.15, 0.2) is 11.7 Å². The van der Waals surface area contributed by atoms with Crippen LogP contribution in [-0.2, 0) is 4.79 Å². The maximum atomic E-state index is 12.0. The van der Waals surface area contributed by atoms with Crippen molar-refractivity contribution in [3.63, 3.8) is 0 Å². The highest BCUT2D eigenvalue weighted by Crippen LogP contribution is 2.26. The van der Waals surface area contributed by atoms with Gasteiger partial charge in [-0.05, 0) is 36.8 Å². The Morgan fingerprint density at radius 1 is 1.38 bits per heavy atom. The minimum atomic E-state index is -0.292. The smallest absolute Gasteiger partial charge is 0.264 e. The number of thiazole rings is 1. The molecule has 5 nitrogen and oxygen atoms in total. The van der Waals surface area contributed by atoms with Crippen LogP contribution in [0.2, 0.25) is 5.02 Å². The largest absolute Gasteiger partial charge is 0.482 e. The topological polar surface area (TPSA) is 64.1 Å². The lowest BCUT2D eigenvalue weighted by Crippen LogP contribution is -2.20. The summed E-state index contributed by atoms with van der Waals surface area (Å²) in [6.07, 6.45) is 3.43. The number of carbonyl (C=O) groups is 1. The summed E-state index contributed by atoms with van der Waals surface area (Å²) in [5.41, 5.74) is 2.68. The minimum absolute atomic E-state index is 0.134. The van der Waals surface area contributed by atoms with Gasteiger partial charge in [0.1, 0.15) is 5.75 Å². The van der Waals surface area contributed by atoms with Crippen LogP contribution in [0, 0.1) is 6.92 Å². The van der Waals surface area contributed by atoms with Crippen LogP contribution in [0.15, 0.2) is 48.1 Å². The first-order chi connectivity index (χ1) is 11.6. The molecule has 7 heteroatoms. The molecule has 2 heterocycles. The van der Waals surface area contributed by atoms with Crippen LogP contribution in [0.1, 0.15) is 5.56 Å². The van der Waals surface area contributed by atoms with Crippen molar-refractivity contribution in [2.45, 2.75) is 6.92 Å². The van der Waals surface area contributed by atoms with E-state index >= 15 is 0 Å². The summed E-state index contributed by atoms with van der Waals surface area (Å²) >= 11 is 7.39. The summed E-state index contributed by atoms with van der Waals surface area (Å²) in [6, 6.07) is 9.16. The molecule has 0 bridgehead atoms. The highest BCUT2D eigenvalue weighted by Gasteiger charge is 2.10. The van der Waals surface area contributed by atoms with E-state index < -0.39 is 0 Å². The van der Waals surface area contributed by atoms with E-state index in [-0.39, 0.29) is 12.5 Å². The van der Waals surface area contributed by atoms with Gasteiger partial charge in [-0.1, -0.05) is 17.7 Å². The van der Waals surface area contributed by atoms with Crippen LogP contribution in [0.25, 0.3) is 11.3 Å². The van der Waals surface area contributed by atoms with Gasteiger partial charge in [-0.3, -0.25) is 15.1 Å². The van der Waals surface area contributed by atoms with Gasteiger partial charge in [0.2, 0.25) is 0 Å². The first-order valence-electron chi connectivity index (χ1n) is 7.16. The van der Waals surface area contributed by atoms with E-state index in [2.05, 4.69) is 15.3 Å². The van der Waals surface area contributed by atoms with Gasteiger partial charge in [0.05, 0.1) is 10.7 Å². The van der Waals surface area contributed by atoms with Crippen LogP contribution in [0.5, 0.6) is 5.75 Å². The standard InChI is InChI=1S/C17H14ClN3O2S/c1-11-4-5-13(18)15(7-11)23-9-16(22)21-17-20-14(10-24-17)12-3-2-6-19-8-12/h2-8,10H,9H2,1H3,(H,20,21,22). The zero-order valence-corrected chi connectivity index (χ0v) is 14.4. The number of halogens is 1. The molecule has 0 saturated heterocycles. The van der Waals surface area contributed by atoms with E-state index in [4.69, 9.17) is 16.3 Å². The fourth-order valence-corrected chi connectivity index (χ4v) is 2.91. The Morgan fingerprint density at radius 3 is 3.04 bits per heavy atom. The first kappa shape index (κ1) is 16.4. The predicted molar refractivity (Wildman–Crippen MR) is 95.7 cm³/mol. The van der Waals surface area contributed by atoms with Gasteiger partial charge in [-0.2, -0.15) is 0 Å². The summed E-state index contributed by atoms with van der Waals surface area (Å²) < 4.78 is 5.47. The maximum absolute atomic E-state index is 12.0. The number of anilines is 1. The normalized spacial score (nSPS) is 10.4. The average Bonchev–Trinajstić information content (AvgIpc) is 3.05. The number of nitrogens with one attached hydrogen (secondary N) is 1. The fourth-order valence-electron chi connectivity index (χ4n) is 2.00. The van der Waals surface area contributed by atoms with Crippen molar-refractivity contribution >= 4 is 34.0 Å². The van der Waals surface area contributed by atoms with Crippen molar-refractivity contribution in [1.29, 1.82) is 0 Å². The second kappa shape index (κ2) is 7.42. The molecule has 1 amide bonds. The maximum Gasteiger partial charge on any atom is 0.264 e. The number of nitrogens with zero attached hydrogens (tertiary/aromatic N) is 2. The Morgan fingerprint density at radius 2 is 2.25 bits per heavy atom.